The second kappa shape index (κ2) is 8.45. The minimum absolute atomic E-state index is 0.206. The molecule has 4 nitrogen and oxygen atoms in total. The number of hydrogen-bond donors (Lipinski definition) is 2. The molecule has 0 aliphatic rings. The molecule has 0 aliphatic carbocycles. The van der Waals surface area contributed by atoms with Crippen LogP contribution in [0.25, 0.3) is 0 Å². The Morgan fingerprint density at radius 3 is 2.19 bits per heavy atom. The van der Waals surface area contributed by atoms with Crippen molar-refractivity contribution in [3.05, 3.63) is 35.4 Å². The zero-order valence-electron chi connectivity index (χ0n) is 13.1. The van der Waals surface area contributed by atoms with Gasteiger partial charge in [-0.25, -0.2) is 4.79 Å². The van der Waals surface area contributed by atoms with Crippen molar-refractivity contribution in [1.82, 2.24) is 5.32 Å². The molecule has 0 saturated carbocycles. The number of benzene rings is 1. The molecule has 21 heavy (non-hydrogen) atoms. The van der Waals surface area contributed by atoms with Crippen LogP contribution in [0.5, 0.6) is 0 Å². The normalized spacial score (nSPS) is 12.2. The van der Waals surface area contributed by atoms with E-state index in [0.29, 0.717) is 19.3 Å². The van der Waals surface area contributed by atoms with Crippen LogP contribution < -0.4 is 5.32 Å². The molecule has 1 rings (SSSR count). The number of hydrogen-bond acceptors (Lipinski definition) is 2. The summed E-state index contributed by atoms with van der Waals surface area (Å²) in [6.07, 6.45) is 2.39. The van der Waals surface area contributed by atoms with Crippen molar-refractivity contribution in [3.8, 4) is 0 Å². The van der Waals surface area contributed by atoms with Gasteiger partial charge in [0.1, 0.15) is 6.04 Å². The summed E-state index contributed by atoms with van der Waals surface area (Å²) in [4.78, 5) is 23.0. The standard InChI is InChI=1S/C17H25NO3/c1-4-13-5-7-14(8-6-13)9-10-16(19)18-15(17(20)21)11-12(2)3/h5-8,12,15H,4,9-11H2,1-3H3,(H,18,19)(H,20,21). The minimum atomic E-state index is -0.968. The molecule has 0 bridgehead atoms. The second-order valence-corrected chi connectivity index (χ2v) is 5.76. The van der Waals surface area contributed by atoms with Crippen molar-refractivity contribution in [1.29, 1.82) is 0 Å². The maximum Gasteiger partial charge on any atom is 0.326 e. The Hall–Kier alpha value is -1.84. The first kappa shape index (κ1) is 17.2. The molecule has 0 heterocycles. The summed E-state index contributed by atoms with van der Waals surface area (Å²) in [5.41, 5.74) is 2.36. The van der Waals surface area contributed by atoms with Gasteiger partial charge >= 0.3 is 5.97 Å². The Morgan fingerprint density at radius 1 is 1.14 bits per heavy atom. The van der Waals surface area contributed by atoms with E-state index in [1.807, 2.05) is 26.0 Å². The van der Waals surface area contributed by atoms with Crippen LogP contribution in [-0.2, 0) is 22.4 Å². The van der Waals surface area contributed by atoms with E-state index in [9.17, 15) is 9.59 Å². The Bertz CT molecular complexity index is 465. The van der Waals surface area contributed by atoms with Gasteiger partial charge < -0.3 is 10.4 Å². The van der Waals surface area contributed by atoms with Gasteiger partial charge in [0.15, 0.2) is 0 Å². The van der Waals surface area contributed by atoms with Gasteiger partial charge in [-0.3, -0.25) is 4.79 Å². The summed E-state index contributed by atoms with van der Waals surface area (Å²) >= 11 is 0. The molecule has 0 radical (unpaired) electrons. The molecule has 1 atom stereocenters. The van der Waals surface area contributed by atoms with Crippen LogP contribution in [0.2, 0.25) is 0 Å². The number of carboxylic acid groups (broad SMARTS) is 1. The Balaban J connectivity index is 2.46. The van der Waals surface area contributed by atoms with Crippen molar-refractivity contribution >= 4 is 11.9 Å². The van der Waals surface area contributed by atoms with E-state index in [1.54, 1.807) is 0 Å². The van der Waals surface area contributed by atoms with Crippen LogP contribution in [0.3, 0.4) is 0 Å². The third-order valence-corrected chi connectivity index (χ3v) is 3.41. The predicted octanol–water partition coefficient (Wildman–Crippen LogP) is 2.80. The van der Waals surface area contributed by atoms with Gasteiger partial charge in [-0.2, -0.15) is 0 Å². The lowest BCUT2D eigenvalue weighted by molar-refractivity contribution is -0.142. The number of aryl methyl sites for hydroxylation is 2. The first-order valence-corrected chi connectivity index (χ1v) is 7.52. The second-order valence-electron chi connectivity index (χ2n) is 5.76. The summed E-state index contributed by atoms with van der Waals surface area (Å²) in [5.74, 6) is -0.944. The lowest BCUT2D eigenvalue weighted by atomic mass is 10.0. The molecule has 1 aromatic carbocycles. The summed E-state index contributed by atoms with van der Waals surface area (Å²) in [7, 11) is 0. The van der Waals surface area contributed by atoms with Gasteiger partial charge in [0, 0.05) is 6.42 Å². The molecule has 116 valence electrons. The number of carboxylic acids is 1. The smallest absolute Gasteiger partial charge is 0.326 e. The summed E-state index contributed by atoms with van der Waals surface area (Å²) in [6.45, 7) is 5.98. The quantitative estimate of drug-likeness (QED) is 0.774. The fourth-order valence-electron chi connectivity index (χ4n) is 2.16. The van der Waals surface area contributed by atoms with Crippen molar-refractivity contribution in [2.45, 2.75) is 52.5 Å². The van der Waals surface area contributed by atoms with Gasteiger partial charge in [-0.1, -0.05) is 45.0 Å². The molecule has 1 unspecified atom stereocenters. The molecular formula is C17H25NO3. The van der Waals surface area contributed by atoms with Crippen LogP contribution in [0, 0.1) is 5.92 Å². The van der Waals surface area contributed by atoms with Crippen LogP contribution in [0.15, 0.2) is 24.3 Å². The molecule has 0 saturated heterocycles. The zero-order valence-corrected chi connectivity index (χ0v) is 13.1. The lowest BCUT2D eigenvalue weighted by Gasteiger charge is -2.16. The zero-order chi connectivity index (χ0) is 15.8. The number of rotatable bonds is 8. The van der Waals surface area contributed by atoms with Crippen LogP contribution in [0.1, 0.15) is 44.7 Å². The first-order chi connectivity index (χ1) is 9.92. The van der Waals surface area contributed by atoms with Crippen LogP contribution in [-0.4, -0.2) is 23.0 Å². The predicted molar refractivity (Wildman–Crippen MR) is 83.2 cm³/mol. The summed E-state index contributed by atoms with van der Waals surface area (Å²) in [6, 6.07) is 7.38. The largest absolute Gasteiger partial charge is 0.480 e. The maximum atomic E-state index is 11.9. The fraction of sp³-hybridized carbons (Fsp3) is 0.529. The van der Waals surface area contributed by atoms with E-state index in [2.05, 4.69) is 24.4 Å². The maximum absolute atomic E-state index is 11.9. The highest BCUT2D eigenvalue weighted by Crippen LogP contribution is 2.09. The lowest BCUT2D eigenvalue weighted by Crippen LogP contribution is -2.41. The van der Waals surface area contributed by atoms with E-state index in [-0.39, 0.29) is 11.8 Å². The highest BCUT2D eigenvalue weighted by atomic mass is 16.4. The van der Waals surface area contributed by atoms with E-state index >= 15 is 0 Å². The van der Waals surface area contributed by atoms with E-state index in [4.69, 9.17) is 5.11 Å². The molecular weight excluding hydrogens is 266 g/mol. The topological polar surface area (TPSA) is 66.4 Å². The highest BCUT2D eigenvalue weighted by Gasteiger charge is 2.20. The number of aliphatic carboxylic acids is 1. The molecule has 0 aliphatic heterocycles. The number of carbonyl (C=O) groups excluding carboxylic acids is 1. The SMILES string of the molecule is CCc1ccc(CCC(=O)NC(CC(C)C)C(=O)O)cc1. The average molecular weight is 291 g/mol. The fourth-order valence-corrected chi connectivity index (χ4v) is 2.16. The number of nitrogens with one attached hydrogen (secondary N) is 1. The molecule has 1 aromatic rings. The Kier molecular flexibility index (Phi) is 6.92. The number of carbonyl (C=O) groups is 2. The molecule has 0 fully saturated rings. The molecule has 0 spiro atoms. The van der Waals surface area contributed by atoms with Crippen molar-refractivity contribution in [3.63, 3.8) is 0 Å². The van der Waals surface area contributed by atoms with Crippen molar-refractivity contribution in [2.75, 3.05) is 0 Å². The highest BCUT2D eigenvalue weighted by molar-refractivity contribution is 5.83. The third-order valence-electron chi connectivity index (χ3n) is 3.41. The van der Waals surface area contributed by atoms with E-state index in [0.717, 1.165) is 12.0 Å². The minimum Gasteiger partial charge on any atom is -0.480 e. The Labute approximate surface area is 126 Å². The van der Waals surface area contributed by atoms with E-state index in [1.165, 1.54) is 5.56 Å². The number of amides is 1. The van der Waals surface area contributed by atoms with Crippen molar-refractivity contribution in [2.24, 2.45) is 5.92 Å². The van der Waals surface area contributed by atoms with Crippen molar-refractivity contribution < 1.29 is 14.7 Å². The van der Waals surface area contributed by atoms with E-state index < -0.39 is 12.0 Å². The average Bonchev–Trinajstić information content (AvgIpc) is 2.44. The van der Waals surface area contributed by atoms with Crippen LogP contribution in [0.4, 0.5) is 0 Å². The molecule has 4 heteroatoms. The van der Waals surface area contributed by atoms with Gasteiger partial charge in [0.25, 0.3) is 0 Å². The van der Waals surface area contributed by atoms with Gasteiger partial charge in [0.05, 0.1) is 0 Å². The summed E-state index contributed by atoms with van der Waals surface area (Å²) < 4.78 is 0. The van der Waals surface area contributed by atoms with Gasteiger partial charge in [0.2, 0.25) is 5.91 Å². The summed E-state index contributed by atoms with van der Waals surface area (Å²) in [5, 5.41) is 11.7. The first-order valence-electron chi connectivity index (χ1n) is 7.52. The molecule has 0 aromatic heterocycles. The molecule has 2 N–H and O–H groups in total. The molecule has 1 amide bonds. The third kappa shape index (κ3) is 6.43. The van der Waals surface area contributed by atoms with Gasteiger partial charge in [-0.05, 0) is 36.3 Å². The Morgan fingerprint density at radius 2 is 1.71 bits per heavy atom. The van der Waals surface area contributed by atoms with Gasteiger partial charge in [-0.15, -0.1) is 0 Å². The van der Waals surface area contributed by atoms with Crippen LogP contribution >= 0.6 is 0 Å². The monoisotopic (exact) mass is 291 g/mol.